The van der Waals surface area contributed by atoms with Crippen molar-refractivity contribution in [2.45, 2.75) is 84.6 Å². The van der Waals surface area contributed by atoms with Gasteiger partial charge in [0.1, 0.15) is 35.7 Å². The van der Waals surface area contributed by atoms with Crippen LogP contribution in [-0.2, 0) is 34.0 Å². The van der Waals surface area contributed by atoms with Crippen LogP contribution >= 0.6 is 0 Å². The van der Waals surface area contributed by atoms with Crippen LogP contribution in [0.2, 0.25) is 25.7 Å². The van der Waals surface area contributed by atoms with Crippen molar-refractivity contribution in [3.05, 3.63) is 63.7 Å². The highest BCUT2D eigenvalue weighted by Gasteiger charge is 2.24. The molecule has 0 spiro atoms. The van der Waals surface area contributed by atoms with Gasteiger partial charge in [0.15, 0.2) is 0 Å². The number of nitriles is 1. The van der Waals surface area contributed by atoms with E-state index in [9.17, 15) is 14.9 Å². The molecule has 44 heavy (non-hydrogen) atoms. The normalized spacial score (nSPS) is 13.8. The van der Waals surface area contributed by atoms with Gasteiger partial charge in [-0.1, -0.05) is 31.8 Å². The molecule has 0 aliphatic heterocycles. The van der Waals surface area contributed by atoms with Crippen molar-refractivity contribution in [1.29, 1.82) is 5.26 Å². The molecule has 2 heterocycles. The van der Waals surface area contributed by atoms with Crippen molar-refractivity contribution in [2.24, 2.45) is 5.92 Å². The fourth-order valence-electron chi connectivity index (χ4n) is 4.88. The summed E-state index contributed by atoms with van der Waals surface area (Å²) in [5, 5.41) is 15.1. The summed E-state index contributed by atoms with van der Waals surface area (Å²) in [6.07, 6.45) is 2.05. The monoisotopic (exact) mass is 615 g/mol. The first-order valence-electron chi connectivity index (χ1n) is 15.2. The molecule has 5 rings (SSSR count). The Morgan fingerprint density at radius 1 is 1.14 bits per heavy atom. The van der Waals surface area contributed by atoms with Gasteiger partial charge in [0.2, 0.25) is 5.43 Å². The molecule has 1 aliphatic carbocycles. The Bertz CT molecular complexity index is 1790. The summed E-state index contributed by atoms with van der Waals surface area (Å²) in [5.74, 6) is 1.18. The zero-order chi connectivity index (χ0) is 31.6. The van der Waals surface area contributed by atoms with Crippen molar-refractivity contribution in [1.82, 2.24) is 19.3 Å². The first kappa shape index (κ1) is 31.4. The molecule has 1 saturated carbocycles. The Morgan fingerprint density at radius 3 is 2.57 bits per heavy atom. The van der Waals surface area contributed by atoms with Crippen molar-refractivity contribution in [3.63, 3.8) is 0 Å². The molecule has 0 atom stereocenters. The molecule has 232 valence electrons. The van der Waals surface area contributed by atoms with Crippen LogP contribution in [0.25, 0.3) is 21.9 Å². The summed E-state index contributed by atoms with van der Waals surface area (Å²) >= 11 is 0. The molecule has 0 saturated heterocycles. The third-order valence-corrected chi connectivity index (χ3v) is 9.09. The summed E-state index contributed by atoms with van der Waals surface area (Å²) < 4.78 is 21.3. The molecule has 0 radical (unpaired) electrons. The van der Waals surface area contributed by atoms with E-state index in [4.69, 9.17) is 19.2 Å². The average molecular weight is 616 g/mol. The number of carbonyl (C=O) groups is 1. The molecule has 2 aromatic carbocycles. The maximum atomic E-state index is 13.4. The number of nitrogens with zero attached hydrogens (tertiary/aromatic N) is 5. The number of imidazole rings is 1. The summed E-state index contributed by atoms with van der Waals surface area (Å²) in [4.78, 5) is 31.0. The standard InChI is InChI=1S/C33H41N5O5Si/c1-33(2,3)43-31(39)17-26-32(40)24-9-7-8-10-27(24)38(36-26)19-30-35-25-16-29(42-20-22-11-12-22)23(18-34)15-28(25)37(30)21-41-13-14-44(4,5)6/h7-10,15-16,22H,11-14,17,19-21H2,1-6H3. The second-order valence-electron chi connectivity index (χ2n) is 13.7. The Balaban J connectivity index is 1.55. The van der Waals surface area contributed by atoms with Gasteiger partial charge in [-0.15, -0.1) is 0 Å². The maximum Gasteiger partial charge on any atom is 0.312 e. The van der Waals surface area contributed by atoms with E-state index in [1.54, 1.807) is 43.7 Å². The minimum atomic E-state index is -1.31. The summed E-state index contributed by atoms with van der Waals surface area (Å²) in [6, 6.07) is 14.1. The molecular weight excluding hydrogens is 574 g/mol. The van der Waals surface area contributed by atoms with Crippen LogP contribution in [-0.4, -0.2) is 52.2 Å². The quantitative estimate of drug-likeness (QED) is 0.114. The predicted octanol–water partition coefficient (Wildman–Crippen LogP) is 5.65. The van der Waals surface area contributed by atoms with Crippen LogP contribution in [0.1, 0.15) is 50.7 Å². The van der Waals surface area contributed by atoms with Crippen LogP contribution in [0, 0.1) is 17.2 Å². The fourth-order valence-corrected chi connectivity index (χ4v) is 5.63. The van der Waals surface area contributed by atoms with Crippen molar-refractivity contribution in [2.75, 3.05) is 13.2 Å². The molecule has 2 aromatic heterocycles. The number of fused-ring (bicyclic) bond motifs is 2. The fraction of sp³-hybridized carbons (Fsp3) is 0.485. The number of ether oxygens (including phenoxy) is 3. The van der Waals surface area contributed by atoms with Gasteiger partial charge in [-0.2, -0.15) is 10.4 Å². The van der Waals surface area contributed by atoms with Gasteiger partial charge in [0, 0.05) is 26.1 Å². The number of esters is 1. The second-order valence-corrected chi connectivity index (χ2v) is 19.3. The number of hydrogen-bond acceptors (Lipinski definition) is 8. The van der Waals surface area contributed by atoms with Gasteiger partial charge in [-0.3, -0.25) is 14.3 Å². The van der Waals surface area contributed by atoms with Gasteiger partial charge < -0.3 is 18.8 Å². The molecule has 4 aromatic rings. The molecule has 10 nitrogen and oxygen atoms in total. The zero-order valence-electron chi connectivity index (χ0n) is 26.5. The van der Waals surface area contributed by atoms with E-state index in [2.05, 4.69) is 30.8 Å². The van der Waals surface area contributed by atoms with Crippen LogP contribution in [0.15, 0.2) is 41.2 Å². The highest BCUT2D eigenvalue weighted by Crippen LogP contribution is 2.32. The van der Waals surface area contributed by atoms with E-state index < -0.39 is 19.6 Å². The number of benzene rings is 2. The third-order valence-electron chi connectivity index (χ3n) is 7.39. The molecule has 0 unspecified atom stereocenters. The number of aromatic nitrogens is 4. The van der Waals surface area contributed by atoms with E-state index in [0.717, 1.165) is 24.4 Å². The number of hydrogen-bond donors (Lipinski definition) is 0. The molecule has 11 heteroatoms. The first-order valence-corrected chi connectivity index (χ1v) is 18.9. The van der Waals surface area contributed by atoms with Crippen LogP contribution in [0.5, 0.6) is 5.75 Å². The average Bonchev–Trinajstić information content (AvgIpc) is 3.71. The SMILES string of the molecule is CC(C)(C)OC(=O)Cc1nn(Cc2nc3cc(OCC4CC4)c(C#N)cc3n2COCC[Si](C)(C)C)c2ccccc2c1=O. The maximum absolute atomic E-state index is 13.4. The first-order chi connectivity index (χ1) is 20.8. The predicted molar refractivity (Wildman–Crippen MR) is 171 cm³/mol. The zero-order valence-corrected chi connectivity index (χ0v) is 27.5. The van der Waals surface area contributed by atoms with Gasteiger partial charge in [0.25, 0.3) is 0 Å². The number of carbonyl (C=O) groups excluding carboxylic acids is 1. The number of rotatable bonds is 12. The Kier molecular flexibility index (Phi) is 8.95. The highest BCUT2D eigenvalue weighted by atomic mass is 28.3. The van der Waals surface area contributed by atoms with E-state index in [1.165, 1.54) is 0 Å². The lowest BCUT2D eigenvalue weighted by Gasteiger charge is -2.19. The summed E-state index contributed by atoms with van der Waals surface area (Å²) in [6.45, 7) is 13.9. The van der Waals surface area contributed by atoms with Crippen LogP contribution < -0.4 is 10.2 Å². The second kappa shape index (κ2) is 12.5. The van der Waals surface area contributed by atoms with Crippen molar-refractivity contribution < 1.29 is 19.0 Å². The Hall–Kier alpha value is -4.01. The Labute approximate surface area is 258 Å². The van der Waals surface area contributed by atoms with Crippen molar-refractivity contribution >= 4 is 36.0 Å². The van der Waals surface area contributed by atoms with Gasteiger partial charge in [-0.05, 0) is 63.8 Å². The molecular formula is C33H41N5O5Si. The van der Waals surface area contributed by atoms with Crippen molar-refractivity contribution in [3.8, 4) is 11.8 Å². The van der Waals surface area contributed by atoms with E-state index in [1.807, 2.05) is 22.8 Å². The van der Waals surface area contributed by atoms with Crippen LogP contribution in [0.3, 0.4) is 0 Å². The van der Waals surface area contributed by atoms with Gasteiger partial charge >= 0.3 is 5.97 Å². The van der Waals surface area contributed by atoms with E-state index in [-0.39, 0.29) is 30.8 Å². The molecule has 0 amide bonds. The molecule has 1 fully saturated rings. The summed E-state index contributed by atoms with van der Waals surface area (Å²) in [5.41, 5.74) is 1.61. The van der Waals surface area contributed by atoms with Gasteiger partial charge in [-0.25, -0.2) is 4.98 Å². The molecule has 0 N–H and O–H groups in total. The summed E-state index contributed by atoms with van der Waals surface area (Å²) in [7, 11) is -1.31. The van der Waals surface area contributed by atoms with Crippen LogP contribution in [0.4, 0.5) is 0 Å². The number of para-hydroxylation sites is 1. The molecule has 0 bridgehead atoms. The van der Waals surface area contributed by atoms with Gasteiger partial charge in [0.05, 0.1) is 41.7 Å². The minimum absolute atomic E-state index is 0.106. The lowest BCUT2D eigenvalue weighted by atomic mass is 10.1. The van der Waals surface area contributed by atoms with E-state index in [0.29, 0.717) is 52.7 Å². The third kappa shape index (κ3) is 7.73. The molecule has 1 aliphatic rings. The minimum Gasteiger partial charge on any atom is -0.492 e. The van der Waals surface area contributed by atoms with E-state index >= 15 is 0 Å². The lowest BCUT2D eigenvalue weighted by Crippen LogP contribution is -2.28. The highest BCUT2D eigenvalue weighted by molar-refractivity contribution is 6.76. The topological polar surface area (TPSA) is 121 Å². The largest absolute Gasteiger partial charge is 0.492 e. The smallest absolute Gasteiger partial charge is 0.312 e. The Morgan fingerprint density at radius 2 is 1.89 bits per heavy atom. The lowest BCUT2D eigenvalue weighted by molar-refractivity contribution is -0.154.